The molecule has 1 aliphatic rings. The van der Waals surface area contributed by atoms with E-state index in [1.807, 2.05) is 0 Å². The molecule has 1 rings (SSSR count). The monoisotopic (exact) mass is 305 g/mol. The maximum absolute atomic E-state index is 12.2. The van der Waals surface area contributed by atoms with Crippen LogP contribution in [0.1, 0.15) is 39.5 Å². The predicted octanol–water partition coefficient (Wildman–Crippen LogP) is 2.79. The Kier molecular flexibility index (Phi) is 7.07. The molecule has 19 heavy (non-hydrogen) atoms. The molecule has 0 atom stereocenters. The molecule has 0 saturated heterocycles. The minimum absolute atomic E-state index is 0.124. The molecule has 0 radical (unpaired) electrons. The van der Waals surface area contributed by atoms with Gasteiger partial charge in [-0.15, -0.1) is 0 Å². The van der Waals surface area contributed by atoms with Gasteiger partial charge in [0.2, 0.25) is 5.91 Å². The maximum Gasteiger partial charge on any atom is 0.304 e. The highest BCUT2D eigenvalue weighted by Crippen LogP contribution is 2.47. The first-order valence-corrected chi connectivity index (χ1v) is 9.22. The average Bonchev–Trinajstić information content (AvgIpc) is 2.25. The van der Waals surface area contributed by atoms with Crippen LogP contribution in [0.2, 0.25) is 0 Å². The Morgan fingerprint density at radius 3 is 2.37 bits per heavy atom. The van der Waals surface area contributed by atoms with E-state index in [9.17, 15) is 9.59 Å². The molecule has 0 heterocycles. The van der Waals surface area contributed by atoms with Crippen molar-refractivity contribution in [2.75, 3.05) is 18.1 Å². The van der Waals surface area contributed by atoms with Crippen molar-refractivity contribution >= 4 is 33.5 Å². The lowest BCUT2D eigenvalue weighted by molar-refractivity contribution is -0.139. The number of nitrogens with one attached hydrogen (secondary N) is 1. The number of amides is 1. The molecule has 1 aliphatic carbocycles. The summed E-state index contributed by atoms with van der Waals surface area (Å²) >= 11 is 0. The minimum atomic E-state index is -0.759. The van der Waals surface area contributed by atoms with Gasteiger partial charge in [-0.25, -0.2) is 0 Å². The van der Waals surface area contributed by atoms with Gasteiger partial charge >= 0.3 is 5.97 Å². The quantitative estimate of drug-likeness (QED) is 0.506. The molecule has 1 saturated carbocycles. The van der Waals surface area contributed by atoms with E-state index < -0.39 is 5.97 Å². The zero-order valence-corrected chi connectivity index (χ0v) is 13.2. The average molecular weight is 305 g/mol. The lowest BCUT2D eigenvalue weighted by Crippen LogP contribution is -2.49. The number of carboxylic acids is 1. The van der Waals surface area contributed by atoms with E-state index in [1.165, 1.54) is 0 Å². The van der Waals surface area contributed by atoms with Gasteiger partial charge in [-0.3, -0.25) is 9.59 Å². The van der Waals surface area contributed by atoms with Gasteiger partial charge in [0.1, 0.15) is 0 Å². The fourth-order valence-corrected chi connectivity index (χ4v) is 4.14. The van der Waals surface area contributed by atoms with Crippen molar-refractivity contribution in [3.05, 3.63) is 0 Å². The molecule has 4 nitrogen and oxygen atoms in total. The standard InChI is InChI=1S/C13H23NO3S2/c1-10(2)13(5-3-6-13)12(17)14-7-9-19-18-8-4-11(15)16/h10H,3-9H2,1-2H3,(H,14,17)(H,15,16). The molecule has 2 N–H and O–H groups in total. The van der Waals surface area contributed by atoms with Gasteiger partial charge in [0.15, 0.2) is 0 Å². The van der Waals surface area contributed by atoms with Crippen molar-refractivity contribution < 1.29 is 14.7 Å². The van der Waals surface area contributed by atoms with E-state index >= 15 is 0 Å². The van der Waals surface area contributed by atoms with Crippen LogP contribution in [0.3, 0.4) is 0 Å². The normalized spacial score (nSPS) is 17.0. The van der Waals surface area contributed by atoms with E-state index in [2.05, 4.69) is 19.2 Å². The van der Waals surface area contributed by atoms with Crippen LogP contribution in [-0.2, 0) is 9.59 Å². The minimum Gasteiger partial charge on any atom is -0.481 e. The van der Waals surface area contributed by atoms with Crippen LogP contribution in [0.15, 0.2) is 0 Å². The Hall–Kier alpha value is -0.360. The number of hydrogen-bond donors (Lipinski definition) is 2. The van der Waals surface area contributed by atoms with E-state index in [-0.39, 0.29) is 17.7 Å². The van der Waals surface area contributed by atoms with Crippen molar-refractivity contribution in [2.24, 2.45) is 11.3 Å². The van der Waals surface area contributed by atoms with Gasteiger partial charge in [0.25, 0.3) is 0 Å². The first kappa shape index (κ1) is 16.7. The molecule has 0 aliphatic heterocycles. The SMILES string of the molecule is CC(C)C1(C(=O)NCCSSCCC(=O)O)CCC1. The van der Waals surface area contributed by atoms with E-state index in [0.717, 1.165) is 25.0 Å². The molecular weight excluding hydrogens is 282 g/mol. The fraction of sp³-hybridized carbons (Fsp3) is 0.846. The summed E-state index contributed by atoms with van der Waals surface area (Å²) in [4.78, 5) is 22.5. The highest BCUT2D eigenvalue weighted by molar-refractivity contribution is 8.76. The largest absolute Gasteiger partial charge is 0.481 e. The lowest BCUT2D eigenvalue weighted by Gasteiger charge is -2.43. The van der Waals surface area contributed by atoms with Crippen LogP contribution in [0.4, 0.5) is 0 Å². The third-order valence-electron chi connectivity index (χ3n) is 3.76. The van der Waals surface area contributed by atoms with Crippen LogP contribution < -0.4 is 5.32 Å². The number of aliphatic carboxylic acids is 1. The summed E-state index contributed by atoms with van der Waals surface area (Å²) in [5.41, 5.74) is -0.124. The Labute approximate surface area is 122 Å². The van der Waals surface area contributed by atoms with Crippen molar-refractivity contribution in [3.63, 3.8) is 0 Å². The van der Waals surface area contributed by atoms with E-state index in [4.69, 9.17) is 5.11 Å². The van der Waals surface area contributed by atoms with Crippen LogP contribution in [0.5, 0.6) is 0 Å². The molecular formula is C13H23NO3S2. The Morgan fingerprint density at radius 1 is 1.26 bits per heavy atom. The van der Waals surface area contributed by atoms with Crippen molar-refractivity contribution in [1.82, 2.24) is 5.32 Å². The lowest BCUT2D eigenvalue weighted by atomic mass is 9.61. The summed E-state index contributed by atoms with van der Waals surface area (Å²) in [5, 5.41) is 11.5. The van der Waals surface area contributed by atoms with Gasteiger partial charge in [0, 0.05) is 18.1 Å². The molecule has 1 amide bonds. The van der Waals surface area contributed by atoms with Crippen molar-refractivity contribution in [1.29, 1.82) is 0 Å². The zero-order valence-electron chi connectivity index (χ0n) is 11.6. The second kappa shape index (κ2) is 8.04. The van der Waals surface area contributed by atoms with Gasteiger partial charge < -0.3 is 10.4 Å². The molecule has 0 aromatic rings. The second-order valence-electron chi connectivity index (χ2n) is 5.21. The Balaban J connectivity index is 2.09. The molecule has 1 fully saturated rings. The number of carboxylic acid groups (broad SMARTS) is 1. The van der Waals surface area contributed by atoms with Crippen molar-refractivity contribution in [3.8, 4) is 0 Å². The first-order valence-electron chi connectivity index (χ1n) is 6.73. The summed E-state index contributed by atoms with van der Waals surface area (Å²) in [7, 11) is 3.17. The highest BCUT2D eigenvalue weighted by Gasteiger charge is 2.46. The van der Waals surface area contributed by atoms with E-state index in [1.54, 1.807) is 21.6 Å². The number of hydrogen-bond acceptors (Lipinski definition) is 4. The number of carbonyl (C=O) groups excluding carboxylic acids is 1. The molecule has 6 heteroatoms. The van der Waals surface area contributed by atoms with Crippen LogP contribution in [-0.4, -0.2) is 35.0 Å². The van der Waals surface area contributed by atoms with Crippen molar-refractivity contribution in [2.45, 2.75) is 39.5 Å². The Morgan fingerprint density at radius 2 is 1.89 bits per heavy atom. The third-order valence-corrected chi connectivity index (χ3v) is 6.16. The summed E-state index contributed by atoms with van der Waals surface area (Å²) < 4.78 is 0. The summed E-state index contributed by atoms with van der Waals surface area (Å²) in [6.45, 7) is 4.91. The fourth-order valence-electron chi connectivity index (χ4n) is 2.25. The number of rotatable bonds is 9. The van der Waals surface area contributed by atoms with Crippen LogP contribution in [0.25, 0.3) is 0 Å². The third kappa shape index (κ3) is 4.91. The maximum atomic E-state index is 12.2. The second-order valence-corrected chi connectivity index (χ2v) is 7.91. The van der Waals surface area contributed by atoms with Crippen LogP contribution >= 0.6 is 21.6 Å². The van der Waals surface area contributed by atoms with Gasteiger partial charge in [0.05, 0.1) is 11.8 Å². The van der Waals surface area contributed by atoms with Gasteiger partial charge in [-0.2, -0.15) is 0 Å². The molecule has 0 unspecified atom stereocenters. The van der Waals surface area contributed by atoms with E-state index in [0.29, 0.717) is 18.2 Å². The molecule has 0 spiro atoms. The molecule has 0 aromatic carbocycles. The predicted molar refractivity (Wildman–Crippen MR) is 81.3 cm³/mol. The smallest absolute Gasteiger partial charge is 0.304 e. The summed E-state index contributed by atoms with van der Waals surface area (Å²) in [6.07, 6.45) is 3.37. The zero-order chi connectivity index (χ0) is 14.3. The molecule has 110 valence electrons. The summed E-state index contributed by atoms with van der Waals surface area (Å²) in [6, 6.07) is 0. The summed E-state index contributed by atoms with van der Waals surface area (Å²) in [5.74, 6) is 1.28. The molecule has 0 bridgehead atoms. The highest BCUT2D eigenvalue weighted by atomic mass is 33.1. The van der Waals surface area contributed by atoms with Gasteiger partial charge in [-0.05, 0) is 18.8 Å². The van der Waals surface area contributed by atoms with Gasteiger partial charge in [-0.1, -0.05) is 41.9 Å². The number of carbonyl (C=O) groups is 2. The Bertz CT molecular complexity index is 317. The molecule has 0 aromatic heterocycles. The van der Waals surface area contributed by atoms with Crippen LogP contribution in [0, 0.1) is 11.3 Å². The topological polar surface area (TPSA) is 66.4 Å². The first-order chi connectivity index (χ1) is 8.99.